The van der Waals surface area contributed by atoms with E-state index >= 15 is 0 Å². The first-order valence-electron chi connectivity index (χ1n) is 7.15. The van der Waals surface area contributed by atoms with Crippen molar-refractivity contribution in [1.29, 1.82) is 0 Å². The van der Waals surface area contributed by atoms with E-state index < -0.39 is 11.9 Å². The number of aryl methyl sites for hydroxylation is 1. The van der Waals surface area contributed by atoms with Crippen LogP contribution in [0.1, 0.15) is 49.2 Å². The maximum Gasteiger partial charge on any atom is 0.308 e. The van der Waals surface area contributed by atoms with Crippen molar-refractivity contribution in [3.8, 4) is 0 Å². The van der Waals surface area contributed by atoms with Crippen LogP contribution >= 0.6 is 11.6 Å². The average molecular weight is 313 g/mol. The highest BCUT2D eigenvalue weighted by Gasteiger charge is 2.18. The summed E-state index contributed by atoms with van der Waals surface area (Å²) < 4.78 is 0. The third-order valence-corrected chi connectivity index (χ3v) is 3.30. The Kier molecular flexibility index (Phi) is 7.15. The topological polar surface area (TPSA) is 79.3 Å². The van der Waals surface area contributed by atoms with Crippen molar-refractivity contribution in [2.75, 3.05) is 6.54 Å². The quantitative estimate of drug-likeness (QED) is 0.723. The number of pyridine rings is 1. The second-order valence-corrected chi connectivity index (χ2v) is 5.34. The molecular formula is C15H21ClN2O3. The molecule has 1 atom stereocenters. The molecule has 0 radical (unpaired) electrons. The molecule has 1 unspecified atom stereocenters. The Balaban J connectivity index is 2.72. The Morgan fingerprint density at radius 1 is 1.33 bits per heavy atom. The van der Waals surface area contributed by atoms with Gasteiger partial charge < -0.3 is 10.4 Å². The van der Waals surface area contributed by atoms with E-state index in [4.69, 9.17) is 16.7 Å². The second kappa shape index (κ2) is 8.62. The molecule has 6 heteroatoms. The molecule has 0 fully saturated rings. The standard InChI is InChI=1S/C15H21ClN2O3/c1-3-5-10(15(20)21)9-17-14(19)11-7-12(6-4-2)18-13(16)8-11/h7-8,10H,3-6,9H2,1-2H3,(H,17,19)(H,20,21). The fraction of sp³-hybridized carbons (Fsp3) is 0.533. The first-order valence-corrected chi connectivity index (χ1v) is 7.53. The van der Waals surface area contributed by atoms with Crippen LogP contribution in [0.4, 0.5) is 0 Å². The van der Waals surface area contributed by atoms with Crippen molar-refractivity contribution >= 4 is 23.5 Å². The summed E-state index contributed by atoms with van der Waals surface area (Å²) in [4.78, 5) is 27.3. The summed E-state index contributed by atoms with van der Waals surface area (Å²) in [6, 6.07) is 3.19. The van der Waals surface area contributed by atoms with E-state index in [1.165, 1.54) is 6.07 Å². The zero-order valence-electron chi connectivity index (χ0n) is 12.4. The van der Waals surface area contributed by atoms with E-state index in [1.807, 2.05) is 13.8 Å². The minimum Gasteiger partial charge on any atom is -0.481 e. The van der Waals surface area contributed by atoms with Gasteiger partial charge in [-0.1, -0.05) is 38.3 Å². The van der Waals surface area contributed by atoms with Gasteiger partial charge in [0, 0.05) is 17.8 Å². The number of aliphatic carboxylic acids is 1. The molecule has 1 aromatic heterocycles. The summed E-state index contributed by atoms with van der Waals surface area (Å²) in [7, 11) is 0. The Hall–Kier alpha value is -1.62. The number of aromatic nitrogens is 1. The lowest BCUT2D eigenvalue weighted by Crippen LogP contribution is -2.33. The van der Waals surface area contributed by atoms with Crippen LogP contribution in [0.3, 0.4) is 0 Å². The lowest BCUT2D eigenvalue weighted by molar-refractivity contribution is -0.141. The van der Waals surface area contributed by atoms with Gasteiger partial charge in [-0.15, -0.1) is 0 Å². The van der Waals surface area contributed by atoms with E-state index in [0.717, 1.165) is 25.0 Å². The lowest BCUT2D eigenvalue weighted by atomic mass is 10.0. The van der Waals surface area contributed by atoms with Gasteiger partial charge in [-0.25, -0.2) is 4.98 Å². The molecule has 0 aliphatic heterocycles. The van der Waals surface area contributed by atoms with Crippen molar-refractivity contribution in [1.82, 2.24) is 10.3 Å². The van der Waals surface area contributed by atoms with Crippen LogP contribution in [-0.4, -0.2) is 28.5 Å². The summed E-state index contributed by atoms with van der Waals surface area (Å²) in [5, 5.41) is 12.0. The smallest absolute Gasteiger partial charge is 0.308 e. The minimum absolute atomic E-state index is 0.116. The summed E-state index contributed by atoms with van der Waals surface area (Å²) in [5.74, 6) is -1.78. The molecule has 0 saturated carbocycles. The molecule has 116 valence electrons. The van der Waals surface area contributed by atoms with Crippen LogP contribution in [0, 0.1) is 5.92 Å². The van der Waals surface area contributed by atoms with Gasteiger partial charge >= 0.3 is 5.97 Å². The number of amides is 1. The molecule has 0 aliphatic carbocycles. The van der Waals surface area contributed by atoms with Crippen LogP contribution < -0.4 is 5.32 Å². The highest BCUT2D eigenvalue weighted by Crippen LogP contribution is 2.13. The van der Waals surface area contributed by atoms with E-state index in [0.29, 0.717) is 12.0 Å². The fourth-order valence-electron chi connectivity index (χ4n) is 2.05. The third kappa shape index (κ3) is 5.71. The highest BCUT2D eigenvalue weighted by atomic mass is 35.5. The van der Waals surface area contributed by atoms with Crippen molar-refractivity contribution in [3.05, 3.63) is 28.5 Å². The van der Waals surface area contributed by atoms with Crippen LogP contribution in [0.5, 0.6) is 0 Å². The van der Waals surface area contributed by atoms with Gasteiger partial charge in [-0.3, -0.25) is 9.59 Å². The zero-order chi connectivity index (χ0) is 15.8. The van der Waals surface area contributed by atoms with Gasteiger partial charge in [0.05, 0.1) is 5.92 Å². The molecule has 21 heavy (non-hydrogen) atoms. The van der Waals surface area contributed by atoms with Gasteiger partial charge in [-0.05, 0) is 25.0 Å². The number of nitrogens with one attached hydrogen (secondary N) is 1. The van der Waals surface area contributed by atoms with Crippen molar-refractivity contribution in [2.45, 2.75) is 39.5 Å². The third-order valence-electron chi connectivity index (χ3n) is 3.11. The Bertz CT molecular complexity index is 506. The van der Waals surface area contributed by atoms with Gasteiger partial charge in [0.25, 0.3) is 5.91 Å². The fourth-order valence-corrected chi connectivity index (χ4v) is 2.27. The number of carbonyl (C=O) groups is 2. The van der Waals surface area contributed by atoms with Crippen molar-refractivity contribution in [2.24, 2.45) is 5.92 Å². The van der Waals surface area contributed by atoms with Crippen LogP contribution in [0.25, 0.3) is 0 Å². The van der Waals surface area contributed by atoms with E-state index in [2.05, 4.69) is 10.3 Å². The largest absolute Gasteiger partial charge is 0.481 e. The summed E-state index contributed by atoms with van der Waals surface area (Å²) in [6.45, 7) is 4.05. The number of carboxylic acids is 1. The predicted molar refractivity (Wildman–Crippen MR) is 81.6 cm³/mol. The summed E-state index contributed by atoms with van der Waals surface area (Å²) >= 11 is 5.91. The highest BCUT2D eigenvalue weighted by molar-refractivity contribution is 6.29. The molecule has 1 aromatic rings. The Labute approximate surface area is 129 Å². The maximum absolute atomic E-state index is 12.1. The predicted octanol–water partition coefficient (Wildman–Crippen LogP) is 2.92. The summed E-state index contributed by atoms with van der Waals surface area (Å²) in [6.07, 6.45) is 2.95. The van der Waals surface area contributed by atoms with Crippen molar-refractivity contribution in [3.63, 3.8) is 0 Å². The maximum atomic E-state index is 12.1. The number of carbonyl (C=O) groups excluding carboxylic acids is 1. The number of rotatable bonds is 8. The Morgan fingerprint density at radius 2 is 2.05 bits per heavy atom. The van der Waals surface area contributed by atoms with Gasteiger partial charge in [0.15, 0.2) is 0 Å². The molecule has 1 heterocycles. The van der Waals surface area contributed by atoms with Gasteiger partial charge in [0.1, 0.15) is 5.15 Å². The first-order chi connectivity index (χ1) is 9.97. The number of carboxylic acid groups (broad SMARTS) is 1. The molecule has 0 aliphatic rings. The molecular weight excluding hydrogens is 292 g/mol. The summed E-state index contributed by atoms with van der Waals surface area (Å²) in [5.41, 5.74) is 1.18. The molecule has 1 amide bonds. The molecule has 5 nitrogen and oxygen atoms in total. The first kappa shape index (κ1) is 17.4. The Morgan fingerprint density at radius 3 is 2.62 bits per heavy atom. The number of hydrogen-bond donors (Lipinski definition) is 2. The van der Waals surface area contributed by atoms with E-state index in [9.17, 15) is 9.59 Å². The minimum atomic E-state index is -0.892. The molecule has 0 aromatic carbocycles. The number of nitrogens with zero attached hydrogens (tertiary/aromatic N) is 1. The molecule has 1 rings (SSSR count). The van der Waals surface area contributed by atoms with Crippen LogP contribution in [0.15, 0.2) is 12.1 Å². The SMILES string of the molecule is CCCc1cc(C(=O)NCC(CCC)C(=O)O)cc(Cl)n1. The van der Waals surface area contributed by atoms with Gasteiger partial charge in [-0.2, -0.15) is 0 Å². The monoisotopic (exact) mass is 312 g/mol. The van der Waals surface area contributed by atoms with E-state index in [1.54, 1.807) is 6.07 Å². The molecule has 0 spiro atoms. The van der Waals surface area contributed by atoms with Crippen LogP contribution in [-0.2, 0) is 11.2 Å². The second-order valence-electron chi connectivity index (χ2n) is 4.95. The average Bonchev–Trinajstić information content (AvgIpc) is 2.42. The van der Waals surface area contributed by atoms with Crippen LogP contribution in [0.2, 0.25) is 5.15 Å². The number of hydrogen-bond acceptors (Lipinski definition) is 3. The van der Waals surface area contributed by atoms with E-state index in [-0.39, 0.29) is 17.6 Å². The van der Waals surface area contributed by atoms with Gasteiger partial charge in [0.2, 0.25) is 0 Å². The normalized spacial score (nSPS) is 12.0. The van der Waals surface area contributed by atoms with Crippen molar-refractivity contribution < 1.29 is 14.7 Å². The molecule has 0 saturated heterocycles. The zero-order valence-corrected chi connectivity index (χ0v) is 13.1. The lowest BCUT2D eigenvalue weighted by Gasteiger charge is -2.12. The molecule has 0 bridgehead atoms. The molecule has 2 N–H and O–H groups in total. The number of halogens is 1.